The molecule has 0 unspecified atom stereocenters. The highest BCUT2D eigenvalue weighted by Crippen LogP contribution is 2.20. The van der Waals surface area contributed by atoms with Gasteiger partial charge in [0.2, 0.25) is 5.88 Å². The Balaban J connectivity index is 1.47. The molecule has 0 fully saturated rings. The van der Waals surface area contributed by atoms with Crippen molar-refractivity contribution in [2.24, 2.45) is 0 Å². The van der Waals surface area contributed by atoms with E-state index in [1.807, 2.05) is 48.5 Å². The molecule has 1 amide bonds. The Bertz CT molecular complexity index is 834. The lowest BCUT2D eigenvalue weighted by molar-refractivity contribution is 0.0946. The summed E-state index contributed by atoms with van der Waals surface area (Å²) in [7, 11) is 1.63. The zero-order chi connectivity index (χ0) is 18.2. The molecule has 0 bridgehead atoms. The number of carbonyl (C=O) groups is 1. The second kappa shape index (κ2) is 8.62. The van der Waals surface area contributed by atoms with Crippen molar-refractivity contribution in [2.75, 3.05) is 20.3 Å². The molecule has 1 N–H and O–H groups in total. The van der Waals surface area contributed by atoms with Crippen LogP contribution in [0.5, 0.6) is 11.6 Å². The van der Waals surface area contributed by atoms with E-state index in [0.717, 1.165) is 17.0 Å². The molecule has 0 aliphatic heterocycles. The average molecular weight is 349 g/mol. The molecular weight excluding hydrogens is 330 g/mol. The Hall–Kier alpha value is -3.41. The van der Waals surface area contributed by atoms with Crippen LogP contribution in [0, 0.1) is 0 Å². The van der Waals surface area contributed by atoms with E-state index in [-0.39, 0.29) is 5.91 Å². The minimum Gasteiger partial charge on any atom is -0.497 e. The van der Waals surface area contributed by atoms with E-state index in [0.29, 0.717) is 24.6 Å². The first-order chi connectivity index (χ1) is 12.8. The molecule has 0 saturated carbocycles. The average Bonchev–Trinajstić information content (AvgIpc) is 2.72. The minimum atomic E-state index is -0.130. The molecule has 0 radical (unpaired) electrons. The second-order valence-corrected chi connectivity index (χ2v) is 5.46. The lowest BCUT2D eigenvalue weighted by atomic mass is 10.1. The standard InChI is InChI=1S/C20H19N3O3/c1-25-17-9-7-15(8-10-17)18-11-12-19(23-22-18)26-14-13-21-20(24)16-5-3-2-4-6-16/h2-12H,13-14H2,1H3,(H,21,24). The van der Waals surface area contributed by atoms with Crippen LogP contribution in [0.2, 0.25) is 0 Å². The van der Waals surface area contributed by atoms with Gasteiger partial charge in [-0.1, -0.05) is 18.2 Å². The van der Waals surface area contributed by atoms with Crippen molar-refractivity contribution in [3.05, 3.63) is 72.3 Å². The highest BCUT2D eigenvalue weighted by atomic mass is 16.5. The van der Waals surface area contributed by atoms with Crippen LogP contribution in [0.4, 0.5) is 0 Å². The molecule has 26 heavy (non-hydrogen) atoms. The van der Waals surface area contributed by atoms with Gasteiger partial charge in [0.15, 0.2) is 0 Å². The third kappa shape index (κ3) is 4.57. The summed E-state index contributed by atoms with van der Waals surface area (Å²) in [6, 6.07) is 20.2. The third-order valence-electron chi connectivity index (χ3n) is 3.70. The summed E-state index contributed by atoms with van der Waals surface area (Å²) >= 11 is 0. The molecule has 0 spiro atoms. The van der Waals surface area contributed by atoms with Crippen molar-refractivity contribution in [3.8, 4) is 22.9 Å². The Kier molecular flexibility index (Phi) is 5.77. The first kappa shape index (κ1) is 17.4. The van der Waals surface area contributed by atoms with Crippen LogP contribution in [0.25, 0.3) is 11.3 Å². The number of methoxy groups -OCH3 is 1. The van der Waals surface area contributed by atoms with Gasteiger partial charge in [-0.3, -0.25) is 4.79 Å². The van der Waals surface area contributed by atoms with Crippen molar-refractivity contribution >= 4 is 5.91 Å². The summed E-state index contributed by atoms with van der Waals surface area (Å²) in [6.07, 6.45) is 0. The molecule has 0 saturated heterocycles. The van der Waals surface area contributed by atoms with Crippen LogP contribution < -0.4 is 14.8 Å². The Labute approximate surface area is 151 Å². The van der Waals surface area contributed by atoms with E-state index < -0.39 is 0 Å². The number of aromatic nitrogens is 2. The molecule has 6 heteroatoms. The van der Waals surface area contributed by atoms with E-state index in [4.69, 9.17) is 9.47 Å². The molecule has 1 heterocycles. The number of rotatable bonds is 7. The monoisotopic (exact) mass is 349 g/mol. The number of ether oxygens (including phenoxy) is 2. The second-order valence-electron chi connectivity index (χ2n) is 5.46. The maximum absolute atomic E-state index is 11.9. The predicted molar refractivity (Wildman–Crippen MR) is 98.3 cm³/mol. The predicted octanol–water partition coefficient (Wildman–Crippen LogP) is 2.96. The molecular formula is C20H19N3O3. The van der Waals surface area contributed by atoms with Crippen molar-refractivity contribution in [1.82, 2.24) is 15.5 Å². The van der Waals surface area contributed by atoms with Crippen molar-refractivity contribution in [3.63, 3.8) is 0 Å². The van der Waals surface area contributed by atoms with Gasteiger partial charge in [0.05, 0.1) is 19.3 Å². The van der Waals surface area contributed by atoms with Gasteiger partial charge in [-0.15, -0.1) is 10.2 Å². The molecule has 132 valence electrons. The molecule has 0 aliphatic rings. The quantitative estimate of drug-likeness (QED) is 0.664. The molecule has 0 aliphatic carbocycles. The third-order valence-corrected chi connectivity index (χ3v) is 3.70. The minimum absolute atomic E-state index is 0.130. The number of carbonyl (C=O) groups excluding carboxylic acids is 1. The zero-order valence-corrected chi connectivity index (χ0v) is 14.4. The van der Waals surface area contributed by atoms with Gasteiger partial charge in [-0.25, -0.2) is 0 Å². The van der Waals surface area contributed by atoms with Crippen LogP contribution >= 0.6 is 0 Å². The van der Waals surface area contributed by atoms with Gasteiger partial charge in [-0.2, -0.15) is 0 Å². The number of nitrogens with one attached hydrogen (secondary N) is 1. The Morgan fingerprint density at radius 2 is 1.73 bits per heavy atom. The van der Waals surface area contributed by atoms with Crippen LogP contribution in [0.15, 0.2) is 66.7 Å². The topological polar surface area (TPSA) is 73.3 Å². The summed E-state index contributed by atoms with van der Waals surface area (Å²) < 4.78 is 10.6. The van der Waals surface area contributed by atoms with E-state index >= 15 is 0 Å². The molecule has 2 aromatic carbocycles. The smallest absolute Gasteiger partial charge is 0.251 e. The van der Waals surface area contributed by atoms with Crippen molar-refractivity contribution in [2.45, 2.75) is 0 Å². The van der Waals surface area contributed by atoms with Gasteiger partial charge in [-0.05, 0) is 42.5 Å². The number of hydrogen-bond donors (Lipinski definition) is 1. The van der Waals surface area contributed by atoms with E-state index in [2.05, 4.69) is 15.5 Å². The number of amides is 1. The molecule has 3 rings (SSSR count). The molecule has 1 aromatic heterocycles. The largest absolute Gasteiger partial charge is 0.497 e. The Morgan fingerprint density at radius 1 is 0.962 bits per heavy atom. The number of hydrogen-bond acceptors (Lipinski definition) is 5. The van der Waals surface area contributed by atoms with E-state index in [1.54, 1.807) is 25.3 Å². The van der Waals surface area contributed by atoms with Crippen molar-refractivity contribution < 1.29 is 14.3 Å². The summed E-state index contributed by atoms with van der Waals surface area (Å²) in [4.78, 5) is 11.9. The first-order valence-electron chi connectivity index (χ1n) is 8.20. The van der Waals surface area contributed by atoms with Crippen LogP contribution in [0.3, 0.4) is 0 Å². The normalized spacial score (nSPS) is 10.2. The Morgan fingerprint density at radius 3 is 2.38 bits per heavy atom. The fourth-order valence-electron chi connectivity index (χ4n) is 2.32. The highest BCUT2D eigenvalue weighted by molar-refractivity contribution is 5.94. The van der Waals surface area contributed by atoms with E-state index in [1.165, 1.54) is 0 Å². The van der Waals surface area contributed by atoms with Gasteiger partial charge < -0.3 is 14.8 Å². The number of benzene rings is 2. The number of nitrogens with zero attached hydrogens (tertiary/aromatic N) is 2. The van der Waals surface area contributed by atoms with Crippen LogP contribution in [-0.2, 0) is 0 Å². The summed E-state index contributed by atoms with van der Waals surface area (Å²) in [5.41, 5.74) is 2.31. The SMILES string of the molecule is COc1ccc(-c2ccc(OCCNC(=O)c3ccccc3)nn2)cc1. The van der Waals surface area contributed by atoms with Gasteiger partial charge in [0, 0.05) is 17.2 Å². The van der Waals surface area contributed by atoms with E-state index in [9.17, 15) is 4.79 Å². The van der Waals surface area contributed by atoms with Gasteiger partial charge in [0.1, 0.15) is 12.4 Å². The van der Waals surface area contributed by atoms with Gasteiger partial charge >= 0.3 is 0 Å². The van der Waals surface area contributed by atoms with Crippen molar-refractivity contribution in [1.29, 1.82) is 0 Å². The first-order valence-corrected chi connectivity index (χ1v) is 8.20. The van der Waals surface area contributed by atoms with Gasteiger partial charge in [0.25, 0.3) is 5.91 Å². The maximum atomic E-state index is 11.9. The molecule has 6 nitrogen and oxygen atoms in total. The zero-order valence-electron chi connectivity index (χ0n) is 14.4. The lowest BCUT2D eigenvalue weighted by Gasteiger charge is -2.07. The molecule has 3 aromatic rings. The highest BCUT2D eigenvalue weighted by Gasteiger charge is 2.05. The summed E-state index contributed by atoms with van der Waals surface area (Å²) in [5.74, 6) is 1.07. The van der Waals surface area contributed by atoms with Crippen LogP contribution in [0.1, 0.15) is 10.4 Å². The fraction of sp³-hybridized carbons (Fsp3) is 0.150. The molecule has 0 atom stereocenters. The van der Waals surface area contributed by atoms with Crippen LogP contribution in [-0.4, -0.2) is 36.4 Å². The maximum Gasteiger partial charge on any atom is 0.251 e. The summed E-state index contributed by atoms with van der Waals surface area (Å²) in [6.45, 7) is 0.699. The summed E-state index contributed by atoms with van der Waals surface area (Å²) in [5, 5.41) is 11.0. The fourth-order valence-corrected chi connectivity index (χ4v) is 2.32. The lowest BCUT2D eigenvalue weighted by Crippen LogP contribution is -2.28.